The summed E-state index contributed by atoms with van der Waals surface area (Å²) in [7, 11) is -3.64. The smallest absolute Gasteiger partial charge is 0.250 e. The molecule has 3 aliphatic heterocycles. The van der Waals surface area contributed by atoms with Gasteiger partial charge in [-0.2, -0.15) is 4.31 Å². The standard InChI is InChI=1S/C22H32N4O4S/c1-16(2)23-21(27)15-26-20-14-17(31(29,30)24-11-5-3-6-12-24)9-10-18(20)25-13-7-4-8-19(25)22(26)28/h9-10,14,16,19H,3-8,11-13,15H2,1-2H3,(H,23,27). The molecule has 170 valence electrons. The molecule has 1 aromatic rings. The van der Waals surface area contributed by atoms with E-state index in [-0.39, 0.29) is 35.3 Å². The van der Waals surface area contributed by atoms with Gasteiger partial charge >= 0.3 is 0 Å². The molecule has 0 saturated carbocycles. The Labute approximate surface area is 184 Å². The van der Waals surface area contributed by atoms with E-state index in [9.17, 15) is 18.0 Å². The lowest BCUT2D eigenvalue weighted by molar-refractivity contribution is -0.125. The highest BCUT2D eigenvalue weighted by atomic mass is 32.2. The van der Waals surface area contributed by atoms with Gasteiger partial charge in [0.05, 0.1) is 16.3 Å². The van der Waals surface area contributed by atoms with Crippen molar-refractivity contribution >= 4 is 33.2 Å². The molecule has 1 aromatic carbocycles. The number of hydrogen-bond donors (Lipinski definition) is 1. The number of carbonyl (C=O) groups excluding carboxylic acids is 2. The van der Waals surface area contributed by atoms with E-state index in [1.807, 2.05) is 19.9 Å². The van der Waals surface area contributed by atoms with Crippen LogP contribution in [0.1, 0.15) is 52.4 Å². The molecule has 2 saturated heterocycles. The molecule has 3 aliphatic rings. The third kappa shape index (κ3) is 4.30. The number of sulfonamides is 1. The highest BCUT2D eigenvalue weighted by Gasteiger charge is 2.41. The second-order valence-electron chi connectivity index (χ2n) is 8.97. The Morgan fingerprint density at radius 2 is 1.77 bits per heavy atom. The van der Waals surface area contributed by atoms with Crippen LogP contribution in [0, 0.1) is 0 Å². The van der Waals surface area contributed by atoms with Crippen molar-refractivity contribution < 1.29 is 18.0 Å². The molecule has 0 spiro atoms. The molecule has 3 heterocycles. The maximum absolute atomic E-state index is 13.4. The van der Waals surface area contributed by atoms with E-state index in [1.165, 1.54) is 9.21 Å². The molecule has 2 amide bonds. The van der Waals surface area contributed by atoms with Gasteiger partial charge in [-0.15, -0.1) is 0 Å². The number of carbonyl (C=O) groups is 2. The van der Waals surface area contributed by atoms with Gasteiger partial charge in [0.25, 0.3) is 0 Å². The highest BCUT2D eigenvalue weighted by Crippen LogP contribution is 2.41. The quantitative estimate of drug-likeness (QED) is 0.745. The third-order valence-electron chi connectivity index (χ3n) is 6.31. The molecular weight excluding hydrogens is 416 g/mol. The maximum atomic E-state index is 13.4. The van der Waals surface area contributed by atoms with Gasteiger partial charge in [0.2, 0.25) is 21.8 Å². The first-order chi connectivity index (χ1) is 14.8. The first-order valence-corrected chi connectivity index (χ1v) is 12.7. The Morgan fingerprint density at radius 3 is 2.48 bits per heavy atom. The van der Waals surface area contributed by atoms with E-state index < -0.39 is 10.0 Å². The summed E-state index contributed by atoms with van der Waals surface area (Å²) in [6.45, 7) is 5.43. The van der Waals surface area contributed by atoms with Crippen molar-refractivity contribution in [1.82, 2.24) is 9.62 Å². The Bertz CT molecular complexity index is 956. The van der Waals surface area contributed by atoms with Crippen molar-refractivity contribution in [2.24, 2.45) is 0 Å². The zero-order valence-corrected chi connectivity index (χ0v) is 19.2. The van der Waals surface area contributed by atoms with E-state index in [4.69, 9.17) is 0 Å². The van der Waals surface area contributed by atoms with Gasteiger partial charge in [0, 0.05) is 25.7 Å². The van der Waals surface area contributed by atoms with E-state index in [0.717, 1.165) is 50.8 Å². The fraction of sp³-hybridized carbons (Fsp3) is 0.636. The Morgan fingerprint density at radius 1 is 1.06 bits per heavy atom. The van der Waals surface area contributed by atoms with E-state index in [0.29, 0.717) is 18.8 Å². The summed E-state index contributed by atoms with van der Waals surface area (Å²) >= 11 is 0. The van der Waals surface area contributed by atoms with Crippen LogP contribution in [0.2, 0.25) is 0 Å². The van der Waals surface area contributed by atoms with Gasteiger partial charge in [0.1, 0.15) is 12.6 Å². The second-order valence-corrected chi connectivity index (χ2v) is 10.9. The topological polar surface area (TPSA) is 90.0 Å². The predicted molar refractivity (Wildman–Crippen MR) is 120 cm³/mol. The van der Waals surface area contributed by atoms with Crippen LogP contribution in [0.4, 0.5) is 11.4 Å². The fourth-order valence-corrected chi connectivity index (χ4v) is 6.36. The van der Waals surface area contributed by atoms with Crippen molar-refractivity contribution in [3.8, 4) is 0 Å². The summed E-state index contributed by atoms with van der Waals surface area (Å²) in [5.41, 5.74) is 1.35. The molecule has 8 nitrogen and oxygen atoms in total. The first kappa shape index (κ1) is 22.1. The van der Waals surface area contributed by atoms with Crippen molar-refractivity contribution in [1.29, 1.82) is 0 Å². The Kier molecular flexibility index (Phi) is 6.25. The maximum Gasteiger partial charge on any atom is 0.250 e. The molecule has 0 radical (unpaired) electrons. The number of amides is 2. The lowest BCUT2D eigenvalue weighted by Crippen LogP contribution is -2.57. The number of rotatable bonds is 5. The first-order valence-electron chi connectivity index (χ1n) is 11.3. The van der Waals surface area contributed by atoms with E-state index >= 15 is 0 Å². The van der Waals surface area contributed by atoms with Crippen molar-refractivity contribution in [2.75, 3.05) is 36.0 Å². The molecule has 9 heteroatoms. The average molecular weight is 449 g/mol. The molecule has 1 unspecified atom stereocenters. The zero-order chi connectivity index (χ0) is 22.2. The van der Waals surface area contributed by atoms with Crippen LogP contribution in [0.3, 0.4) is 0 Å². The number of fused-ring (bicyclic) bond motifs is 3. The van der Waals surface area contributed by atoms with Crippen LogP contribution in [0.15, 0.2) is 23.1 Å². The normalized spacial score (nSPS) is 22.3. The number of anilines is 2. The molecule has 0 aliphatic carbocycles. The van der Waals surface area contributed by atoms with Gasteiger partial charge in [0.15, 0.2) is 0 Å². The lowest BCUT2D eigenvalue weighted by Gasteiger charge is -2.45. The number of piperidine rings is 2. The number of nitrogens with zero attached hydrogens (tertiary/aromatic N) is 3. The third-order valence-corrected chi connectivity index (χ3v) is 8.20. The minimum Gasteiger partial charge on any atom is -0.358 e. The monoisotopic (exact) mass is 448 g/mol. The van der Waals surface area contributed by atoms with Crippen molar-refractivity contribution in [3.05, 3.63) is 18.2 Å². The summed E-state index contributed by atoms with van der Waals surface area (Å²) in [6, 6.07) is 4.72. The van der Waals surface area contributed by atoms with Gasteiger partial charge < -0.3 is 10.2 Å². The van der Waals surface area contributed by atoms with Gasteiger partial charge in [-0.3, -0.25) is 14.5 Å². The molecule has 2 fully saturated rings. The zero-order valence-electron chi connectivity index (χ0n) is 18.3. The van der Waals surface area contributed by atoms with Crippen LogP contribution >= 0.6 is 0 Å². The van der Waals surface area contributed by atoms with Gasteiger partial charge in [-0.1, -0.05) is 6.42 Å². The molecule has 0 bridgehead atoms. The number of benzene rings is 1. The predicted octanol–water partition coefficient (Wildman–Crippen LogP) is 2.09. The number of nitrogens with one attached hydrogen (secondary N) is 1. The molecule has 31 heavy (non-hydrogen) atoms. The average Bonchev–Trinajstić information content (AvgIpc) is 2.76. The summed E-state index contributed by atoms with van der Waals surface area (Å²) in [5.74, 6) is -0.374. The Hall–Kier alpha value is -2.13. The minimum atomic E-state index is -3.64. The summed E-state index contributed by atoms with van der Waals surface area (Å²) in [4.78, 5) is 29.6. The molecule has 4 rings (SSSR count). The molecule has 1 atom stereocenters. The van der Waals surface area contributed by atoms with Gasteiger partial charge in [-0.05, 0) is 64.2 Å². The SMILES string of the molecule is CC(C)NC(=O)CN1C(=O)C2CCCCN2c2ccc(S(=O)(=O)N3CCCCC3)cc21. The van der Waals surface area contributed by atoms with E-state index in [1.54, 1.807) is 12.1 Å². The van der Waals surface area contributed by atoms with Crippen LogP contribution in [0.25, 0.3) is 0 Å². The largest absolute Gasteiger partial charge is 0.358 e. The van der Waals surface area contributed by atoms with Crippen LogP contribution in [-0.2, 0) is 19.6 Å². The van der Waals surface area contributed by atoms with E-state index in [2.05, 4.69) is 10.2 Å². The minimum absolute atomic E-state index is 0.0381. The van der Waals surface area contributed by atoms with Gasteiger partial charge in [-0.25, -0.2) is 8.42 Å². The molecule has 1 N–H and O–H groups in total. The van der Waals surface area contributed by atoms with Crippen LogP contribution in [0.5, 0.6) is 0 Å². The van der Waals surface area contributed by atoms with Crippen LogP contribution < -0.4 is 15.1 Å². The molecular formula is C22H32N4O4S. The highest BCUT2D eigenvalue weighted by molar-refractivity contribution is 7.89. The fourth-order valence-electron chi connectivity index (χ4n) is 4.83. The summed E-state index contributed by atoms with van der Waals surface area (Å²) < 4.78 is 28.0. The second kappa shape index (κ2) is 8.78. The number of hydrogen-bond acceptors (Lipinski definition) is 5. The Balaban J connectivity index is 1.73. The summed E-state index contributed by atoms with van der Waals surface area (Å²) in [6.07, 6.45) is 5.47. The van der Waals surface area contributed by atoms with Crippen molar-refractivity contribution in [3.63, 3.8) is 0 Å². The lowest BCUT2D eigenvalue weighted by atomic mass is 9.96. The van der Waals surface area contributed by atoms with Crippen molar-refractivity contribution in [2.45, 2.75) is 69.4 Å². The molecule has 0 aromatic heterocycles. The summed E-state index contributed by atoms with van der Waals surface area (Å²) in [5, 5.41) is 2.84. The van der Waals surface area contributed by atoms with Crippen LogP contribution in [-0.4, -0.2) is 62.8 Å².